The summed E-state index contributed by atoms with van der Waals surface area (Å²) in [5.41, 5.74) is -0.180. The minimum absolute atomic E-state index is 0.0210. The first-order chi connectivity index (χ1) is 10.6. The molecule has 5 rings (SSSR count). The molecule has 1 heterocycles. The van der Waals surface area contributed by atoms with Crippen LogP contribution in [0.25, 0.3) is 0 Å². The Morgan fingerprint density at radius 3 is 2.18 bits per heavy atom. The minimum atomic E-state index is -0.180. The van der Waals surface area contributed by atoms with Crippen LogP contribution in [-0.4, -0.2) is 20.7 Å². The molecule has 0 unspecified atom stereocenters. The largest absolute Gasteiger partial charge is 0.457 e. The van der Waals surface area contributed by atoms with Gasteiger partial charge in [0.15, 0.2) is 12.4 Å². The molecular weight excluding hydrogens is 278 g/mol. The van der Waals surface area contributed by atoms with Gasteiger partial charge in [0.05, 0.1) is 5.41 Å². The molecule has 1 aromatic rings. The molecular formula is C17H25N3O2. The molecule has 1 aromatic heterocycles. The van der Waals surface area contributed by atoms with Crippen molar-refractivity contribution in [3.8, 4) is 0 Å². The molecule has 22 heavy (non-hydrogen) atoms. The highest BCUT2D eigenvalue weighted by atomic mass is 16.5. The summed E-state index contributed by atoms with van der Waals surface area (Å²) in [7, 11) is 1.94. The number of aryl methyl sites for hydroxylation is 1. The van der Waals surface area contributed by atoms with Crippen LogP contribution in [0.2, 0.25) is 0 Å². The molecule has 4 fully saturated rings. The van der Waals surface area contributed by atoms with E-state index in [-0.39, 0.29) is 18.0 Å². The molecule has 0 spiro atoms. The van der Waals surface area contributed by atoms with E-state index in [1.54, 1.807) is 0 Å². The third-order valence-corrected chi connectivity index (χ3v) is 6.18. The van der Waals surface area contributed by atoms with E-state index in [4.69, 9.17) is 4.74 Å². The Balaban J connectivity index is 1.45. The Morgan fingerprint density at radius 2 is 1.68 bits per heavy atom. The average Bonchev–Trinajstić information content (AvgIpc) is 2.83. The van der Waals surface area contributed by atoms with Crippen LogP contribution in [0.1, 0.15) is 57.1 Å². The van der Waals surface area contributed by atoms with Gasteiger partial charge in [-0.15, -0.1) is 10.2 Å². The van der Waals surface area contributed by atoms with E-state index < -0.39 is 0 Å². The number of aromatic nitrogens is 3. The third-order valence-electron chi connectivity index (χ3n) is 6.18. The monoisotopic (exact) mass is 303 g/mol. The second-order valence-electron chi connectivity index (χ2n) is 7.72. The van der Waals surface area contributed by atoms with E-state index >= 15 is 0 Å². The van der Waals surface area contributed by atoms with Crippen LogP contribution in [0.4, 0.5) is 0 Å². The molecule has 0 radical (unpaired) electrons. The minimum Gasteiger partial charge on any atom is -0.457 e. The summed E-state index contributed by atoms with van der Waals surface area (Å²) in [4.78, 5) is 12.8. The molecule has 0 N–H and O–H groups in total. The Labute approximate surface area is 131 Å². The summed E-state index contributed by atoms with van der Waals surface area (Å²) in [5, 5.41) is 8.27. The number of ether oxygens (including phenoxy) is 1. The maximum Gasteiger partial charge on any atom is 0.312 e. The van der Waals surface area contributed by atoms with E-state index in [1.165, 1.54) is 19.3 Å². The molecule has 4 aliphatic rings. The quantitative estimate of drug-likeness (QED) is 0.802. The van der Waals surface area contributed by atoms with Gasteiger partial charge in [-0.1, -0.05) is 6.92 Å². The first-order valence-corrected chi connectivity index (χ1v) is 8.64. The van der Waals surface area contributed by atoms with Crippen molar-refractivity contribution in [1.82, 2.24) is 14.8 Å². The van der Waals surface area contributed by atoms with Crippen LogP contribution in [0.5, 0.6) is 0 Å². The Kier molecular flexibility index (Phi) is 3.27. The predicted octanol–water partition coefficient (Wildman–Crippen LogP) is 2.64. The topological polar surface area (TPSA) is 57.0 Å². The summed E-state index contributed by atoms with van der Waals surface area (Å²) in [5.74, 6) is 3.99. The lowest BCUT2D eigenvalue weighted by molar-refractivity contribution is -0.173. The van der Waals surface area contributed by atoms with Crippen LogP contribution in [-0.2, 0) is 29.6 Å². The molecule has 0 atom stereocenters. The van der Waals surface area contributed by atoms with Crippen molar-refractivity contribution in [3.05, 3.63) is 11.6 Å². The number of esters is 1. The number of carbonyl (C=O) groups is 1. The summed E-state index contributed by atoms with van der Waals surface area (Å²) >= 11 is 0. The molecule has 4 bridgehead atoms. The van der Waals surface area contributed by atoms with Gasteiger partial charge in [0, 0.05) is 13.5 Å². The fourth-order valence-electron chi connectivity index (χ4n) is 5.48. The van der Waals surface area contributed by atoms with E-state index in [0.717, 1.165) is 55.1 Å². The number of carbonyl (C=O) groups excluding carboxylic acids is 1. The van der Waals surface area contributed by atoms with E-state index in [9.17, 15) is 4.79 Å². The lowest BCUT2D eigenvalue weighted by atomic mass is 9.49. The van der Waals surface area contributed by atoms with Gasteiger partial charge in [0.25, 0.3) is 0 Å². The van der Waals surface area contributed by atoms with Crippen LogP contribution >= 0.6 is 0 Å². The third kappa shape index (κ3) is 2.17. The molecule has 0 saturated heterocycles. The Hall–Kier alpha value is -1.39. The summed E-state index contributed by atoms with van der Waals surface area (Å²) in [6.07, 6.45) is 8.03. The van der Waals surface area contributed by atoms with Crippen molar-refractivity contribution < 1.29 is 9.53 Å². The molecule has 4 saturated carbocycles. The molecule has 120 valence electrons. The standard InChI is InChI=1S/C17H25N3O2/c1-3-14-18-19-15(20(14)2)10-22-16(21)17-7-11-4-12(8-17)6-13(5-11)9-17/h11-13H,3-10H2,1-2H3. The molecule has 0 aromatic carbocycles. The summed E-state index contributed by atoms with van der Waals surface area (Å²) in [6, 6.07) is 0. The zero-order chi connectivity index (χ0) is 15.3. The SMILES string of the molecule is CCc1nnc(COC(=O)C23CC4CC(CC(C4)C2)C3)n1C. The van der Waals surface area contributed by atoms with Crippen LogP contribution < -0.4 is 0 Å². The van der Waals surface area contributed by atoms with Crippen LogP contribution in [0, 0.1) is 23.2 Å². The van der Waals surface area contributed by atoms with Gasteiger partial charge in [-0.05, 0) is 56.3 Å². The number of nitrogens with zero attached hydrogens (tertiary/aromatic N) is 3. The Morgan fingerprint density at radius 1 is 1.14 bits per heavy atom. The first-order valence-electron chi connectivity index (χ1n) is 8.64. The van der Waals surface area contributed by atoms with Crippen molar-refractivity contribution >= 4 is 5.97 Å². The van der Waals surface area contributed by atoms with E-state index in [0.29, 0.717) is 0 Å². The molecule has 0 amide bonds. The predicted molar refractivity (Wildman–Crippen MR) is 80.8 cm³/mol. The zero-order valence-corrected chi connectivity index (χ0v) is 13.5. The smallest absolute Gasteiger partial charge is 0.312 e. The highest BCUT2D eigenvalue weighted by Crippen LogP contribution is 2.60. The lowest BCUT2D eigenvalue weighted by Crippen LogP contribution is -2.50. The van der Waals surface area contributed by atoms with E-state index in [2.05, 4.69) is 17.1 Å². The molecule has 4 aliphatic carbocycles. The molecule has 5 heteroatoms. The fraction of sp³-hybridized carbons (Fsp3) is 0.824. The molecule has 0 aliphatic heterocycles. The van der Waals surface area contributed by atoms with E-state index in [1.807, 2.05) is 11.6 Å². The molecule has 5 nitrogen and oxygen atoms in total. The maximum atomic E-state index is 12.8. The van der Waals surface area contributed by atoms with Crippen molar-refractivity contribution in [1.29, 1.82) is 0 Å². The number of hydrogen-bond acceptors (Lipinski definition) is 4. The first kappa shape index (κ1) is 14.2. The zero-order valence-electron chi connectivity index (χ0n) is 13.5. The average molecular weight is 303 g/mol. The number of hydrogen-bond donors (Lipinski definition) is 0. The van der Waals surface area contributed by atoms with Crippen molar-refractivity contribution in [2.24, 2.45) is 30.2 Å². The van der Waals surface area contributed by atoms with Gasteiger partial charge < -0.3 is 9.30 Å². The summed E-state index contributed by atoms with van der Waals surface area (Å²) in [6.45, 7) is 2.30. The second kappa shape index (κ2) is 5.07. The van der Waals surface area contributed by atoms with Gasteiger partial charge in [0.1, 0.15) is 5.82 Å². The van der Waals surface area contributed by atoms with Crippen LogP contribution in [0.15, 0.2) is 0 Å². The normalized spacial score (nSPS) is 35.8. The summed E-state index contributed by atoms with van der Waals surface area (Å²) < 4.78 is 7.63. The van der Waals surface area contributed by atoms with Gasteiger partial charge >= 0.3 is 5.97 Å². The van der Waals surface area contributed by atoms with Gasteiger partial charge in [-0.25, -0.2) is 0 Å². The number of rotatable bonds is 4. The van der Waals surface area contributed by atoms with Crippen molar-refractivity contribution in [3.63, 3.8) is 0 Å². The van der Waals surface area contributed by atoms with Gasteiger partial charge in [-0.2, -0.15) is 0 Å². The highest BCUT2D eigenvalue weighted by molar-refractivity contribution is 5.77. The highest BCUT2D eigenvalue weighted by Gasteiger charge is 2.55. The fourth-order valence-corrected chi connectivity index (χ4v) is 5.48. The lowest BCUT2D eigenvalue weighted by Gasteiger charge is -2.55. The van der Waals surface area contributed by atoms with Crippen molar-refractivity contribution in [2.45, 2.75) is 58.5 Å². The van der Waals surface area contributed by atoms with Gasteiger partial charge in [0.2, 0.25) is 0 Å². The maximum absolute atomic E-state index is 12.8. The second-order valence-corrected chi connectivity index (χ2v) is 7.72. The van der Waals surface area contributed by atoms with Crippen LogP contribution in [0.3, 0.4) is 0 Å². The Bertz CT molecular complexity index is 557. The van der Waals surface area contributed by atoms with Gasteiger partial charge in [-0.3, -0.25) is 4.79 Å². The van der Waals surface area contributed by atoms with Crippen molar-refractivity contribution in [2.75, 3.05) is 0 Å².